The van der Waals surface area contributed by atoms with Crippen molar-refractivity contribution in [2.45, 2.75) is 6.42 Å². The maximum absolute atomic E-state index is 8.66. The van der Waals surface area contributed by atoms with Crippen molar-refractivity contribution in [2.75, 3.05) is 30.4 Å². The number of H-pyrrole nitrogens is 1. The molecule has 0 saturated carbocycles. The lowest BCUT2D eigenvalue weighted by atomic mass is 10.2. The zero-order valence-corrected chi connectivity index (χ0v) is 10.8. The highest BCUT2D eigenvalue weighted by Gasteiger charge is 2.03. The number of anilines is 2. The number of aromatic nitrogens is 3. The van der Waals surface area contributed by atoms with Gasteiger partial charge in [-0.3, -0.25) is 0 Å². The molecule has 0 aromatic carbocycles. The Morgan fingerprint density at radius 1 is 1.47 bits per heavy atom. The molecule has 2 aromatic heterocycles. The number of hydrogen-bond acceptors (Lipinski definition) is 5. The number of hydrogen-bond donors (Lipinski definition) is 2. The second-order valence-corrected chi connectivity index (χ2v) is 4.17. The maximum atomic E-state index is 8.66. The van der Waals surface area contributed by atoms with Gasteiger partial charge in [0.25, 0.3) is 0 Å². The highest BCUT2D eigenvalue weighted by molar-refractivity contribution is 5.48. The van der Waals surface area contributed by atoms with Gasteiger partial charge in [-0.25, -0.2) is 9.97 Å². The molecular formula is C13H16N6. The highest BCUT2D eigenvalue weighted by Crippen LogP contribution is 2.12. The number of rotatable bonds is 6. The Morgan fingerprint density at radius 3 is 3.11 bits per heavy atom. The molecule has 2 heterocycles. The summed E-state index contributed by atoms with van der Waals surface area (Å²) >= 11 is 0. The molecule has 6 nitrogen and oxygen atoms in total. The van der Waals surface area contributed by atoms with Gasteiger partial charge < -0.3 is 15.2 Å². The van der Waals surface area contributed by atoms with Crippen LogP contribution in [-0.4, -0.2) is 35.1 Å². The predicted molar refractivity (Wildman–Crippen MR) is 73.9 cm³/mol. The third-order valence-corrected chi connectivity index (χ3v) is 2.73. The third-order valence-electron chi connectivity index (χ3n) is 2.73. The summed E-state index contributed by atoms with van der Waals surface area (Å²) in [5.74, 6) is 1.51. The molecule has 0 radical (unpaired) electrons. The molecule has 2 N–H and O–H groups in total. The third kappa shape index (κ3) is 3.71. The van der Waals surface area contributed by atoms with Crippen LogP contribution in [0.3, 0.4) is 0 Å². The van der Waals surface area contributed by atoms with Crippen LogP contribution in [-0.2, 0) is 6.42 Å². The lowest BCUT2D eigenvalue weighted by molar-refractivity contribution is 0.965. The fraction of sp³-hybridized carbons (Fsp3) is 0.308. The Kier molecular flexibility index (Phi) is 4.34. The van der Waals surface area contributed by atoms with Gasteiger partial charge in [0.2, 0.25) is 0 Å². The SMILES string of the molecule is CN(CC#N)c1cc(NCCc2cc[nH]c2)ncn1. The molecule has 0 atom stereocenters. The number of nitrogens with one attached hydrogen (secondary N) is 2. The zero-order valence-electron chi connectivity index (χ0n) is 10.8. The Balaban J connectivity index is 1.90. The van der Waals surface area contributed by atoms with Crippen molar-refractivity contribution in [2.24, 2.45) is 0 Å². The first-order chi connectivity index (χ1) is 9.29. The van der Waals surface area contributed by atoms with Crippen molar-refractivity contribution in [1.82, 2.24) is 15.0 Å². The number of nitrogens with zero attached hydrogens (tertiary/aromatic N) is 4. The van der Waals surface area contributed by atoms with Crippen LogP contribution in [0.5, 0.6) is 0 Å². The quantitative estimate of drug-likeness (QED) is 0.764. The maximum Gasteiger partial charge on any atom is 0.134 e. The monoisotopic (exact) mass is 256 g/mol. The van der Waals surface area contributed by atoms with Gasteiger partial charge in [0.05, 0.1) is 6.07 Å². The van der Waals surface area contributed by atoms with E-state index in [0.29, 0.717) is 6.54 Å². The van der Waals surface area contributed by atoms with E-state index in [2.05, 4.69) is 26.3 Å². The largest absolute Gasteiger partial charge is 0.370 e. The molecule has 0 unspecified atom stereocenters. The Hall–Kier alpha value is -2.55. The normalized spacial score (nSPS) is 9.89. The van der Waals surface area contributed by atoms with E-state index in [9.17, 15) is 0 Å². The second-order valence-electron chi connectivity index (χ2n) is 4.17. The van der Waals surface area contributed by atoms with E-state index in [-0.39, 0.29) is 0 Å². The highest BCUT2D eigenvalue weighted by atomic mass is 15.2. The molecule has 6 heteroatoms. The molecule has 0 amide bonds. The fourth-order valence-corrected chi connectivity index (χ4v) is 1.69. The minimum absolute atomic E-state index is 0.305. The first-order valence-corrected chi connectivity index (χ1v) is 6.05. The number of nitriles is 1. The van der Waals surface area contributed by atoms with Crippen LogP contribution in [0.1, 0.15) is 5.56 Å². The Labute approximate surface area is 112 Å². The topological polar surface area (TPSA) is 80.6 Å². The van der Waals surface area contributed by atoms with E-state index in [4.69, 9.17) is 5.26 Å². The average Bonchev–Trinajstić information content (AvgIpc) is 2.93. The molecule has 2 rings (SSSR count). The van der Waals surface area contributed by atoms with Crippen LogP contribution in [0.2, 0.25) is 0 Å². The fourth-order valence-electron chi connectivity index (χ4n) is 1.69. The molecule has 98 valence electrons. The molecular weight excluding hydrogens is 240 g/mol. The van der Waals surface area contributed by atoms with Crippen molar-refractivity contribution in [1.29, 1.82) is 5.26 Å². The summed E-state index contributed by atoms with van der Waals surface area (Å²) in [5, 5.41) is 11.9. The summed E-state index contributed by atoms with van der Waals surface area (Å²) < 4.78 is 0. The lowest BCUT2D eigenvalue weighted by Crippen LogP contribution is -2.18. The predicted octanol–water partition coefficient (Wildman–Crippen LogP) is 1.42. The van der Waals surface area contributed by atoms with Gasteiger partial charge >= 0.3 is 0 Å². The molecule has 0 bridgehead atoms. The van der Waals surface area contributed by atoms with Gasteiger partial charge in [0.1, 0.15) is 24.5 Å². The van der Waals surface area contributed by atoms with Gasteiger partial charge in [-0.05, 0) is 18.1 Å². The van der Waals surface area contributed by atoms with Crippen LogP contribution in [0.25, 0.3) is 0 Å². The summed E-state index contributed by atoms with van der Waals surface area (Å²) in [4.78, 5) is 13.1. The van der Waals surface area contributed by atoms with Gasteiger partial charge in [0, 0.05) is 32.1 Å². The van der Waals surface area contributed by atoms with Crippen LogP contribution in [0.15, 0.2) is 30.9 Å². The molecule has 0 aliphatic heterocycles. The van der Waals surface area contributed by atoms with Gasteiger partial charge in [0.15, 0.2) is 0 Å². The van der Waals surface area contributed by atoms with Crippen molar-refractivity contribution in [3.8, 4) is 6.07 Å². The average molecular weight is 256 g/mol. The summed E-state index contributed by atoms with van der Waals surface area (Å²) in [7, 11) is 1.83. The molecule has 0 saturated heterocycles. The summed E-state index contributed by atoms with van der Waals surface area (Å²) in [6.07, 6.45) is 6.32. The van der Waals surface area contributed by atoms with Crippen molar-refractivity contribution < 1.29 is 0 Å². The molecule has 0 spiro atoms. The van der Waals surface area contributed by atoms with E-state index >= 15 is 0 Å². The second kappa shape index (κ2) is 6.40. The van der Waals surface area contributed by atoms with Gasteiger partial charge in [-0.2, -0.15) is 5.26 Å². The summed E-state index contributed by atoms with van der Waals surface area (Å²) in [6.45, 7) is 1.11. The molecule has 0 fully saturated rings. The van der Waals surface area contributed by atoms with E-state index < -0.39 is 0 Å². The zero-order chi connectivity index (χ0) is 13.5. The number of aromatic amines is 1. The van der Waals surface area contributed by atoms with Gasteiger partial charge in [-0.1, -0.05) is 0 Å². The molecule has 0 aliphatic carbocycles. The van der Waals surface area contributed by atoms with E-state index in [1.807, 2.05) is 31.6 Å². The Morgan fingerprint density at radius 2 is 2.37 bits per heavy atom. The minimum atomic E-state index is 0.305. The van der Waals surface area contributed by atoms with Crippen LogP contribution in [0, 0.1) is 11.3 Å². The molecule has 2 aromatic rings. The van der Waals surface area contributed by atoms with Crippen LogP contribution in [0.4, 0.5) is 11.6 Å². The standard InChI is InChI=1S/C13H16N6/c1-19(7-4-14)13-8-12(17-10-18-13)16-6-3-11-2-5-15-9-11/h2,5,8-10,15H,3,6-7H2,1H3,(H,16,17,18). The lowest BCUT2D eigenvalue weighted by Gasteiger charge is -2.14. The first kappa shape index (κ1) is 12.9. The van der Waals surface area contributed by atoms with Crippen LogP contribution < -0.4 is 10.2 Å². The van der Waals surface area contributed by atoms with Crippen molar-refractivity contribution in [3.63, 3.8) is 0 Å². The molecule has 19 heavy (non-hydrogen) atoms. The summed E-state index contributed by atoms with van der Waals surface area (Å²) in [6, 6.07) is 5.98. The van der Waals surface area contributed by atoms with Gasteiger partial charge in [-0.15, -0.1) is 0 Å². The van der Waals surface area contributed by atoms with E-state index in [1.165, 1.54) is 11.9 Å². The van der Waals surface area contributed by atoms with Crippen LogP contribution >= 0.6 is 0 Å². The Bertz CT molecular complexity index is 543. The van der Waals surface area contributed by atoms with E-state index in [0.717, 1.165) is 24.6 Å². The van der Waals surface area contributed by atoms with E-state index in [1.54, 1.807) is 4.90 Å². The van der Waals surface area contributed by atoms with Crippen molar-refractivity contribution >= 4 is 11.6 Å². The smallest absolute Gasteiger partial charge is 0.134 e. The summed E-state index contributed by atoms with van der Waals surface area (Å²) in [5.41, 5.74) is 1.25. The minimum Gasteiger partial charge on any atom is -0.370 e. The first-order valence-electron chi connectivity index (χ1n) is 6.05. The molecule has 0 aliphatic rings. The van der Waals surface area contributed by atoms with Crippen molar-refractivity contribution in [3.05, 3.63) is 36.4 Å².